The standard InChI is InChI=1S/C41H75N13O10S3/c1-21(2)16-27-36(60)48-24(10-7-8-13-42)33(57)49-26(12-15-67-6)35(59)47-25(11-9-14-45-41(43)44)34(58)52-29(18-55)38(62)46-23(5)32(56)53-30(19-65)40(64)54-31(20-66)39(63)51-28(17-22(3)4)37(61)50-27/h21-31,55,65-66H,7-20,42H2,1-6H3,(H,46,62)(H,47,59)(H,48,60)(H,49,57)(H,50,61)(H,51,63)(H,52,58)(H,53,56)(H,54,64)(H4,43,44,45)/t23-,24-,25-,26-,27-,28-,29-,30-,31-/m0/s1. The average molecular weight is 1010 g/mol. The molecule has 16 N–H and O–H groups in total. The summed E-state index contributed by atoms with van der Waals surface area (Å²) in [5.74, 6) is -7.93. The molecule has 0 aromatic carbocycles. The van der Waals surface area contributed by atoms with Crippen LogP contribution >= 0.6 is 37.0 Å². The fraction of sp³-hybridized carbons (Fsp3) is 0.756. The highest BCUT2D eigenvalue weighted by atomic mass is 32.2. The third-order valence-electron chi connectivity index (χ3n) is 10.3. The van der Waals surface area contributed by atoms with Crippen molar-refractivity contribution in [3.63, 3.8) is 0 Å². The normalized spacial score (nSPS) is 26.1. The van der Waals surface area contributed by atoms with Gasteiger partial charge in [0.15, 0.2) is 5.96 Å². The highest BCUT2D eigenvalue weighted by molar-refractivity contribution is 7.98. The number of aliphatic imine (C=N–C) groups is 1. The molecule has 1 fully saturated rings. The van der Waals surface area contributed by atoms with E-state index >= 15 is 0 Å². The molecule has 0 bridgehead atoms. The fourth-order valence-corrected chi connectivity index (χ4v) is 7.59. The Labute approximate surface area is 408 Å². The number of hydrogen-bond acceptors (Lipinski definition) is 15. The van der Waals surface area contributed by atoms with Gasteiger partial charge in [0.25, 0.3) is 0 Å². The molecule has 1 saturated heterocycles. The van der Waals surface area contributed by atoms with E-state index in [4.69, 9.17) is 17.2 Å². The Hall–Kier alpha value is -4.53. The van der Waals surface area contributed by atoms with Crippen LogP contribution in [0.25, 0.3) is 0 Å². The summed E-state index contributed by atoms with van der Waals surface area (Å²) in [5.41, 5.74) is 16.7. The summed E-state index contributed by atoms with van der Waals surface area (Å²) in [6.45, 7) is 8.00. The van der Waals surface area contributed by atoms with Crippen molar-refractivity contribution in [2.24, 2.45) is 34.0 Å². The van der Waals surface area contributed by atoms with E-state index in [9.17, 15) is 48.3 Å². The molecular weight excluding hydrogens is 931 g/mol. The number of aliphatic hydroxyl groups is 1. The van der Waals surface area contributed by atoms with Gasteiger partial charge in [-0.2, -0.15) is 37.0 Å². The Morgan fingerprint density at radius 1 is 0.552 bits per heavy atom. The van der Waals surface area contributed by atoms with Crippen molar-refractivity contribution in [3.8, 4) is 0 Å². The summed E-state index contributed by atoms with van der Waals surface area (Å²) >= 11 is 9.81. The maximum Gasteiger partial charge on any atom is 0.245 e. The molecule has 23 nitrogen and oxygen atoms in total. The van der Waals surface area contributed by atoms with Crippen LogP contribution in [0, 0.1) is 11.8 Å². The quantitative estimate of drug-likeness (QED) is 0.0272. The molecule has 1 aliphatic heterocycles. The van der Waals surface area contributed by atoms with E-state index in [0.29, 0.717) is 25.1 Å². The van der Waals surface area contributed by atoms with Gasteiger partial charge in [-0.3, -0.25) is 48.1 Å². The lowest BCUT2D eigenvalue weighted by Gasteiger charge is -2.29. The minimum Gasteiger partial charge on any atom is -0.394 e. The summed E-state index contributed by atoms with van der Waals surface area (Å²) in [4.78, 5) is 128. The van der Waals surface area contributed by atoms with E-state index < -0.39 is 114 Å². The number of carbonyl (C=O) groups excluding carboxylic acids is 9. The zero-order valence-electron chi connectivity index (χ0n) is 39.4. The molecule has 382 valence electrons. The van der Waals surface area contributed by atoms with Gasteiger partial charge < -0.3 is 70.2 Å². The number of nitrogens with two attached hydrogens (primary N) is 3. The molecule has 0 aromatic rings. The minimum atomic E-state index is -1.63. The second-order valence-electron chi connectivity index (χ2n) is 17.0. The van der Waals surface area contributed by atoms with Gasteiger partial charge in [-0.05, 0) is 88.7 Å². The topological polar surface area (TPSA) is 373 Å². The van der Waals surface area contributed by atoms with Gasteiger partial charge in [-0.1, -0.05) is 27.7 Å². The molecular formula is C41H75N13O10S3. The third-order valence-corrected chi connectivity index (χ3v) is 11.7. The lowest BCUT2D eigenvalue weighted by molar-refractivity contribution is -0.136. The molecule has 0 aliphatic carbocycles. The Balaban J connectivity index is 3.90. The van der Waals surface area contributed by atoms with Crippen molar-refractivity contribution in [2.75, 3.05) is 43.2 Å². The first-order chi connectivity index (χ1) is 31.6. The second-order valence-corrected chi connectivity index (χ2v) is 18.8. The number of guanidine groups is 1. The number of hydrogen-bond donors (Lipinski definition) is 15. The summed E-state index contributed by atoms with van der Waals surface area (Å²) in [5, 5.41) is 33.4. The molecule has 0 unspecified atom stereocenters. The maximum atomic E-state index is 14.1. The molecule has 9 amide bonds. The predicted molar refractivity (Wildman–Crippen MR) is 263 cm³/mol. The Morgan fingerprint density at radius 3 is 1.31 bits per heavy atom. The lowest BCUT2D eigenvalue weighted by atomic mass is 9.99. The molecule has 26 heteroatoms. The van der Waals surface area contributed by atoms with Crippen LogP contribution < -0.4 is 65.1 Å². The van der Waals surface area contributed by atoms with Gasteiger partial charge in [-0.25, -0.2) is 0 Å². The molecule has 67 heavy (non-hydrogen) atoms. The van der Waals surface area contributed by atoms with E-state index in [1.165, 1.54) is 18.7 Å². The SMILES string of the molecule is CSCC[C@@H]1NC(=O)[C@H](CCCCN)NC(=O)[C@H](CC(C)C)NC(=O)[C@H](CC(C)C)NC(=O)[C@H](CS)NC(=O)[C@H](CS)NC(=O)[C@H](C)NC(=O)[C@H](CO)NC(=O)[C@H](CCCN=C(N)N)NC1=O. The highest BCUT2D eigenvalue weighted by Gasteiger charge is 2.35. The number of thiol groups is 2. The van der Waals surface area contributed by atoms with Crippen molar-refractivity contribution in [1.82, 2.24) is 47.9 Å². The van der Waals surface area contributed by atoms with Gasteiger partial charge in [0.1, 0.15) is 54.4 Å². The van der Waals surface area contributed by atoms with Gasteiger partial charge in [0.2, 0.25) is 53.2 Å². The van der Waals surface area contributed by atoms with Crippen LogP contribution in [-0.4, -0.2) is 162 Å². The summed E-state index contributed by atoms with van der Waals surface area (Å²) in [7, 11) is 0. The van der Waals surface area contributed by atoms with Gasteiger partial charge in [0.05, 0.1) is 6.61 Å². The van der Waals surface area contributed by atoms with E-state index in [1.807, 2.05) is 27.7 Å². The summed E-state index contributed by atoms with van der Waals surface area (Å²) in [6, 6.07) is -11.8. The third kappa shape index (κ3) is 22.9. The van der Waals surface area contributed by atoms with Crippen molar-refractivity contribution in [2.45, 2.75) is 140 Å². The maximum absolute atomic E-state index is 14.1. The van der Waals surface area contributed by atoms with Crippen LogP contribution in [0.5, 0.6) is 0 Å². The van der Waals surface area contributed by atoms with Crippen LogP contribution in [0.1, 0.15) is 86.0 Å². The van der Waals surface area contributed by atoms with Crippen molar-refractivity contribution < 1.29 is 48.3 Å². The average Bonchev–Trinajstić information content (AvgIpc) is 3.26. The van der Waals surface area contributed by atoms with Gasteiger partial charge >= 0.3 is 0 Å². The number of aliphatic hydroxyl groups excluding tert-OH is 1. The summed E-state index contributed by atoms with van der Waals surface area (Å²) in [6.07, 6.45) is 3.22. The van der Waals surface area contributed by atoms with Crippen LogP contribution in [0.15, 0.2) is 4.99 Å². The number of thioether (sulfide) groups is 1. The molecule has 1 rings (SSSR count). The number of nitrogens with one attached hydrogen (secondary N) is 9. The van der Waals surface area contributed by atoms with E-state index in [-0.39, 0.29) is 74.4 Å². The number of amides is 9. The largest absolute Gasteiger partial charge is 0.394 e. The minimum absolute atomic E-state index is 0.0550. The molecule has 1 aliphatic rings. The summed E-state index contributed by atoms with van der Waals surface area (Å²) < 4.78 is 0. The lowest BCUT2D eigenvalue weighted by Crippen LogP contribution is -2.61. The predicted octanol–water partition coefficient (Wildman–Crippen LogP) is -3.74. The monoisotopic (exact) mass is 1010 g/mol. The second kappa shape index (κ2) is 32.3. The highest BCUT2D eigenvalue weighted by Crippen LogP contribution is 2.12. The van der Waals surface area contributed by atoms with Crippen LogP contribution in [-0.2, 0) is 43.2 Å². The van der Waals surface area contributed by atoms with Crippen molar-refractivity contribution in [3.05, 3.63) is 0 Å². The molecule has 1 heterocycles. The van der Waals surface area contributed by atoms with E-state index in [1.54, 1.807) is 6.26 Å². The molecule has 0 spiro atoms. The molecule has 9 atom stereocenters. The van der Waals surface area contributed by atoms with Crippen LogP contribution in [0.2, 0.25) is 0 Å². The Morgan fingerprint density at radius 2 is 0.910 bits per heavy atom. The van der Waals surface area contributed by atoms with Crippen LogP contribution in [0.4, 0.5) is 0 Å². The molecule has 0 radical (unpaired) electrons. The van der Waals surface area contributed by atoms with Crippen molar-refractivity contribution >= 4 is 96.1 Å². The van der Waals surface area contributed by atoms with Crippen LogP contribution in [0.3, 0.4) is 0 Å². The number of nitrogens with zero attached hydrogens (tertiary/aromatic N) is 1. The zero-order chi connectivity index (χ0) is 50.8. The molecule has 0 saturated carbocycles. The van der Waals surface area contributed by atoms with E-state index in [2.05, 4.69) is 78.1 Å². The first kappa shape index (κ1) is 60.5. The Bertz CT molecular complexity index is 1690. The fourth-order valence-electron chi connectivity index (χ4n) is 6.61. The number of carbonyl (C=O) groups is 9. The Kier molecular flexibility index (Phi) is 29.1. The number of rotatable bonds is 18. The van der Waals surface area contributed by atoms with Gasteiger partial charge in [0, 0.05) is 18.1 Å². The molecule has 0 aromatic heterocycles. The zero-order valence-corrected chi connectivity index (χ0v) is 42.0. The smallest absolute Gasteiger partial charge is 0.245 e. The van der Waals surface area contributed by atoms with Crippen molar-refractivity contribution in [1.29, 1.82) is 0 Å². The first-order valence-corrected chi connectivity index (χ1v) is 25.1. The van der Waals surface area contributed by atoms with Gasteiger partial charge in [-0.15, -0.1) is 0 Å². The first-order valence-electron chi connectivity index (χ1n) is 22.4. The van der Waals surface area contributed by atoms with E-state index in [0.717, 1.165) is 0 Å². The number of unbranched alkanes of at least 4 members (excludes halogenated alkanes) is 1.